The molecule has 0 aliphatic carbocycles. The smallest absolute Gasteiger partial charge is 0.257 e. The second-order valence-electron chi connectivity index (χ2n) is 5.56. The maximum Gasteiger partial charge on any atom is 0.257 e. The minimum atomic E-state index is 0.0718. The summed E-state index contributed by atoms with van der Waals surface area (Å²) >= 11 is 0. The van der Waals surface area contributed by atoms with Gasteiger partial charge in [-0.15, -0.1) is 0 Å². The van der Waals surface area contributed by atoms with Crippen LogP contribution in [-0.4, -0.2) is 49.1 Å². The highest BCUT2D eigenvalue weighted by Crippen LogP contribution is 2.22. The van der Waals surface area contributed by atoms with E-state index in [0.29, 0.717) is 11.5 Å². The lowest BCUT2D eigenvalue weighted by molar-refractivity contribution is 0.0571. The van der Waals surface area contributed by atoms with Gasteiger partial charge in [-0.2, -0.15) is 0 Å². The number of methoxy groups -OCH3 is 1. The van der Waals surface area contributed by atoms with Gasteiger partial charge in [0.15, 0.2) is 0 Å². The number of rotatable bonds is 6. The van der Waals surface area contributed by atoms with E-state index < -0.39 is 0 Å². The lowest BCUT2D eigenvalue weighted by Crippen LogP contribution is -2.41. The van der Waals surface area contributed by atoms with E-state index in [1.165, 1.54) is 0 Å². The van der Waals surface area contributed by atoms with Crippen LogP contribution in [0.25, 0.3) is 0 Å². The molecule has 1 amide bonds. The highest BCUT2D eigenvalue weighted by molar-refractivity contribution is 5.99. The Balaban J connectivity index is 2.08. The lowest BCUT2D eigenvalue weighted by atomic mass is 9.98. The molecular formula is C16H25N3O2. The van der Waals surface area contributed by atoms with Crippen LogP contribution in [0, 0.1) is 5.92 Å². The van der Waals surface area contributed by atoms with Crippen LogP contribution in [0.1, 0.15) is 36.5 Å². The molecule has 1 aromatic rings. The van der Waals surface area contributed by atoms with E-state index in [1.54, 1.807) is 19.5 Å². The summed E-state index contributed by atoms with van der Waals surface area (Å²) in [6.07, 6.45) is 6.58. The van der Waals surface area contributed by atoms with Crippen LogP contribution in [0.15, 0.2) is 18.5 Å². The number of nitrogens with zero attached hydrogens (tertiary/aromatic N) is 2. The quantitative estimate of drug-likeness (QED) is 0.874. The molecule has 1 aromatic heterocycles. The Morgan fingerprint density at radius 3 is 3.19 bits per heavy atom. The van der Waals surface area contributed by atoms with Crippen molar-refractivity contribution in [2.45, 2.75) is 26.2 Å². The largest absolute Gasteiger partial charge is 0.384 e. The Bertz CT molecular complexity index is 463. The Labute approximate surface area is 126 Å². The molecule has 116 valence electrons. The number of carbonyl (C=O) groups excluding carboxylic acids is 1. The van der Waals surface area contributed by atoms with Gasteiger partial charge in [0.1, 0.15) is 0 Å². The number of piperidine rings is 1. The normalized spacial score (nSPS) is 18.6. The standard InChI is InChI=1S/C16H25N3O2/c1-3-7-18-15-6-8-17-10-14(15)16(20)19-9-4-5-13(11-19)12-21-2/h6,8,10,13H,3-5,7,9,11-12H2,1-2H3,(H,17,18). The average Bonchev–Trinajstić information content (AvgIpc) is 2.53. The predicted octanol–water partition coefficient (Wildman–Crippen LogP) is 2.40. The second kappa shape index (κ2) is 7.98. The van der Waals surface area contributed by atoms with Crippen LogP contribution in [0.5, 0.6) is 0 Å². The molecule has 0 aromatic carbocycles. The summed E-state index contributed by atoms with van der Waals surface area (Å²) < 4.78 is 5.23. The van der Waals surface area contributed by atoms with Gasteiger partial charge in [-0.1, -0.05) is 6.92 Å². The molecule has 1 unspecified atom stereocenters. The van der Waals surface area contributed by atoms with Crippen LogP contribution in [-0.2, 0) is 4.74 Å². The second-order valence-corrected chi connectivity index (χ2v) is 5.56. The van der Waals surface area contributed by atoms with Crippen LogP contribution in [0.2, 0.25) is 0 Å². The summed E-state index contributed by atoms with van der Waals surface area (Å²) in [7, 11) is 1.72. The fourth-order valence-electron chi connectivity index (χ4n) is 2.77. The van der Waals surface area contributed by atoms with Gasteiger partial charge in [0.2, 0.25) is 0 Å². The third-order valence-corrected chi connectivity index (χ3v) is 3.83. The molecule has 0 spiro atoms. The number of amides is 1. The summed E-state index contributed by atoms with van der Waals surface area (Å²) in [6.45, 7) is 5.28. The molecule has 21 heavy (non-hydrogen) atoms. The van der Waals surface area contributed by atoms with Gasteiger partial charge in [0.25, 0.3) is 5.91 Å². The van der Waals surface area contributed by atoms with Crippen LogP contribution in [0.4, 0.5) is 5.69 Å². The first-order chi connectivity index (χ1) is 10.3. The molecule has 1 atom stereocenters. The van der Waals surface area contributed by atoms with Crippen LogP contribution in [0.3, 0.4) is 0 Å². The molecule has 0 saturated carbocycles. The first-order valence-corrected chi connectivity index (χ1v) is 7.72. The highest BCUT2D eigenvalue weighted by Gasteiger charge is 2.25. The van der Waals surface area contributed by atoms with Crippen molar-refractivity contribution in [3.8, 4) is 0 Å². The number of nitrogens with one attached hydrogen (secondary N) is 1. The number of anilines is 1. The van der Waals surface area contributed by atoms with Crippen LogP contribution < -0.4 is 5.32 Å². The van der Waals surface area contributed by atoms with Gasteiger partial charge >= 0.3 is 0 Å². The third-order valence-electron chi connectivity index (χ3n) is 3.83. The SMILES string of the molecule is CCCNc1ccncc1C(=O)N1CCCC(COC)C1. The van der Waals surface area contributed by atoms with Gasteiger partial charge in [0.05, 0.1) is 17.9 Å². The van der Waals surface area contributed by atoms with E-state index in [4.69, 9.17) is 4.74 Å². The van der Waals surface area contributed by atoms with Gasteiger partial charge in [0, 0.05) is 39.1 Å². The number of hydrogen-bond acceptors (Lipinski definition) is 4. The maximum atomic E-state index is 12.7. The number of pyridine rings is 1. The topological polar surface area (TPSA) is 54.5 Å². The molecule has 1 aliphatic rings. The third kappa shape index (κ3) is 4.17. The summed E-state index contributed by atoms with van der Waals surface area (Å²) in [5.74, 6) is 0.513. The van der Waals surface area contributed by atoms with E-state index in [9.17, 15) is 4.79 Å². The Hall–Kier alpha value is -1.62. The first-order valence-electron chi connectivity index (χ1n) is 7.72. The molecule has 5 nitrogen and oxygen atoms in total. The number of aromatic nitrogens is 1. The van der Waals surface area contributed by atoms with Gasteiger partial charge < -0.3 is 15.0 Å². The molecule has 0 radical (unpaired) electrons. The van der Waals surface area contributed by atoms with Gasteiger partial charge in [-0.3, -0.25) is 9.78 Å². The fourth-order valence-corrected chi connectivity index (χ4v) is 2.77. The van der Waals surface area contributed by atoms with Crippen molar-refractivity contribution < 1.29 is 9.53 Å². The molecule has 2 heterocycles. The highest BCUT2D eigenvalue weighted by atomic mass is 16.5. The Kier molecular flexibility index (Phi) is 5.99. The lowest BCUT2D eigenvalue weighted by Gasteiger charge is -2.32. The number of ether oxygens (including phenoxy) is 1. The van der Waals surface area contributed by atoms with Crippen molar-refractivity contribution in [3.05, 3.63) is 24.0 Å². The molecule has 2 rings (SSSR count). The summed E-state index contributed by atoms with van der Waals surface area (Å²) in [5.41, 5.74) is 1.55. The summed E-state index contributed by atoms with van der Waals surface area (Å²) in [6, 6.07) is 1.87. The van der Waals surface area contributed by atoms with Gasteiger partial charge in [-0.25, -0.2) is 0 Å². The Morgan fingerprint density at radius 1 is 1.57 bits per heavy atom. The van der Waals surface area contributed by atoms with Crippen molar-refractivity contribution in [3.63, 3.8) is 0 Å². The fraction of sp³-hybridized carbons (Fsp3) is 0.625. The zero-order valence-electron chi connectivity index (χ0n) is 13.0. The zero-order chi connectivity index (χ0) is 15.1. The van der Waals surface area contributed by atoms with Crippen LogP contribution >= 0.6 is 0 Å². The maximum absolute atomic E-state index is 12.7. The van der Waals surface area contributed by atoms with Crippen molar-refractivity contribution in [1.82, 2.24) is 9.88 Å². The predicted molar refractivity (Wildman–Crippen MR) is 83.5 cm³/mol. The van der Waals surface area contributed by atoms with Crippen molar-refractivity contribution in [2.75, 3.05) is 38.7 Å². The van der Waals surface area contributed by atoms with E-state index in [-0.39, 0.29) is 5.91 Å². The minimum absolute atomic E-state index is 0.0718. The molecule has 5 heteroatoms. The zero-order valence-corrected chi connectivity index (χ0v) is 13.0. The van der Waals surface area contributed by atoms with E-state index in [2.05, 4.69) is 17.2 Å². The number of likely N-dealkylation sites (tertiary alicyclic amines) is 1. The van der Waals surface area contributed by atoms with E-state index in [0.717, 1.165) is 51.2 Å². The van der Waals surface area contributed by atoms with Crippen molar-refractivity contribution >= 4 is 11.6 Å². The van der Waals surface area contributed by atoms with Crippen molar-refractivity contribution in [2.24, 2.45) is 5.92 Å². The van der Waals surface area contributed by atoms with E-state index >= 15 is 0 Å². The minimum Gasteiger partial charge on any atom is -0.384 e. The molecule has 1 saturated heterocycles. The average molecular weight is 291 g/mol. The number of hydrogen-bond donors (Lipinski definition) is 1. The first kappa shape index (κ1) is 15.8. The molecule has 1 fully saturated rings. The molecule has 1 N–H and O–H groups in total. The summed E-state index contributed by atoms with van der Waals surface area (Å²) in [4.78, 5) is 18.8. The Morgan fingerprint density at radius 2 is 2.43 bits per heavy atom. The summed E-state index contributed by atoms with van der Waals surface area (Å²) in [5, 5.41) is 3.31. The number of carbonyl (C=O) groups is 1. The molecular weight excluding hydrogens is 266 g/mol. The monoisotopic (exact) mass is 291 g/mol. The van der Waals surface area contributed by atoms with E-state index in [1.807, 2.05) is 11.0 Å². The van der Waals surface area contributed by atoms with Crippen molar-refractivity contribution in [1.29, 1.82) is 0 Å². The molecule has 0 bridgehead atoms. The van der Waals surface area contributed by atoms with Gasteiger partial charge in [-0.05, 0) is 31.2 Å². The molecule has 1 aliphatic heterocycles.